The Balaban J connectivity index is 0.000000208. The molecule has 5 aromatic rings. The molecule has 0 fully saturated rings. The van der Waals surface area contributed by atoms with Crippen LogP contribution in [0.4, 0.5) is 5.69 Å². The minimum atomic E-state index is -0.216. The molecule has 311 valence electrons. The molecule has 2 nitrogen and oxygen atoms in total. The van der Waals surface area contributed by atoms with E-state index >= 15 is 0 Å². The van der Waals surface area contributed by atoms with Crippen molar-refractivity contribution in [2.24, 2.45) is 5.41 Å². The van der Waals surface area contributed by atoms with Crippen LogP contribution in [-0.4, -0.2) is 15.0 Å². The Bertz CT molecular complexity index is 2100. The number of hydrogen-bond acceptors (Lipinski definition) is 2. The molecule has 0 bridgehead atoms. The van der Waals surface area contributed by atoms with Gasteiger partial charge in [0.25, 0.3) is 0 Å². The second-order valence-corrected chi connectivity index (χ2v) is 19.7. The average molecular weight is 891 g/mol. The predicted molar refractivity (Wildman–Crippen MR) is 252 cm³/mol. The van der Waals surface area contributed by atoms with E-state index in [9.17, 15) is 0 Å². The Labute approximate surface area is 368 Å². The van der Waals surface area contributed by atoms with Crippen LogP contribution in [0.15, 0.2) is 157 Å². The SMILES string of the molecule is [CH2-]CC1(CC(C)(C)Nc2c(C(C)C)cccc2C(C)C)CC(c2ccccc2)C2=C1CCC=C2.[Cl][Ru]=[CH]c1ccccc1CN(Cc1ccccc1)Cc1ccccc1. The fourth-order valence-corrected chi connectivity index (χ4v) is 10.7. The van der Waals surface area contributed by atoms with Crippen molar-refractivity contribution in [3.8, 4) is 0 Å². The van der Waals surface area contributed by atoms with Crippen LogP contribution in [0, 0.1) is 12.3 Å². The van der Waals surface area contributed by atoms with Gasteiger partial charge in [-0.1, -0.05) is 94.0 Å². The van der Waals surface area contributed by atoms with Gasteiger partial charge in [0.2, 0.25) is 0 Å². The molecule has 5 aromatic carbocycles. The van der Waals surface area contributed by atoms with Gasteiger partial charge >= 0.3 is 162 Å². The van der Waals surface area contributed by atoms with Gasteiger partial charge in [-0.3, -0.25) is 0 Å². The Morgan fingerprint density at radius 2 is 1.32 bits per heavy atom. The molecule has 0 radical (unpaired) electrons. The number of anilines is 1. The van der Waals surface area contributed by atoms with Crippen molar-refractivity contribution in [3.63, 3.8) is 0 Å². The van der Waals surface area contributed by atoms with Crippen LogP contribution >= 0.6 is 9.69 Å². The van der Waals surface area contributed by atoms with Gasteiger partial charge in [0.05, 0.1) is 0 Å². The van der Waals surface area contributed by atoms with E-state index in [1.165, 1.54) is 57.5 Å². The summed E-state index contributed by atoms with van der Waals surface area (Å²) in [6.07, 6.45) is 10.4. The quantitative estimate of drug-likeness (QED) is 0.0832. The summed E-state index contributed by atoms with van der Waals surface area (Å²) < 4.78 is 2.17. The molecule has 0 amide bonds. The van der Waals surface area contributed by atoms with Crippen LogP contribution < -0.4 is 5.32 Å². The summed E-state index contributed by atoms with van der Waals surface area (Å²) >= 11 is -0.216. The number of para-hydroxylation sites is 1. The van der Waals surface area contributed by atoms with E-state index < -0.39 is 0 Å². The van der Waals surface area contributed by atoms with Crippen molar-refractivity contribution >= 4 is 20.0 Å². The molecule has 0 aliphatic heterocycles. The van der Waals surface area contributed by atoms with E-state index in [4.69, 9.17) is 9.69 Å². The minimum absolute atomic E-state index is 0.0445. The van der Waals surface area contributed by atoms with Crippen LogP contribution in [0.2, 0.25) is 0 Å². The molecule has 2 unspecified atom stereocenters. The molecule has 59 heavy (non-hydrogen) atoms. The normalized spacial score (nSPS) is 17.9. The first-order valence-corrected chi connectivity index (χ1v) is 24.9. The molecule has 0 spiro atoms. The zero-order chi connectivity index (χ0) is 41.8. The number of nitrogens with zero attached hydrogens (tertiary/aromatic N) is 1. The Morgan fingerprint density at radius 3 is 1.88 bits per heavy atom. The van der Waals surface area contributed by atoms with Crippen molar-refractivity contribution in [2.75, 3.05) is 5.32 Å². The molecule has 2 aliphatic rings. The molecule has 0 aromatic heterocycles. The first-order chi connectivity index (χ1) is 28.5. The number of benzene rings is 5. The van der Waals surface area contributed by atoms with Crippen LogP contribution in [-0.2, 0) is 35.3 Å². The summed E-state index contributed by atoms with van der Waals surface area (Å²) in [7, 11) is 6.02. The summed E-state index contributed by atoms with van der Waals surface area (Å²) in [6, 6.07) is 47.9. The zero-order valence-electron chi connectivity index (χ0n) is 36.2. The van der Waals surface area contributed by atoms with Crippen molar-refractivity contribution < 1.29 is 15.7 Å². The van der Waals surface area contributed by atoms with E-state index in [1.807, 2.05) is 0 Å². The first-order valence-electron chi connectivity index (χ1n) is 21.6. The van der Waals surface area contributed by atoms with Gasteiger partial charge < -0.3 is 12.2 Å². The summed E-state index contributed by atoms with van der Waals surface area (Å²) in [4.78, 5) is 2.49. The van der Waals surface area contributed by atoms with Crippen LogP contribution in [0.5, 0.6) is 0 Å². The third-order valence-electron chi connectivity index (χ3n) is 12.2. The second kappa shape index (κ2) is 21.1. The van der Waals surface area contributed by atoms with E-state index in [0.29, 0.717) is 17.8 Å². The predicted octanol–water partition coefficient (Wildman–Crippen LogP) is 14.8. The van der Waals surface area contributed by atoms with E-state index in [2.05, 4.69) is 209 Å². The first kappa shape index (κ1) is 44.7. The third kappa shape index (κ3) is 11.7. The number of halogens is 1. The summed E-state index contributed by atoms with van der Waals surface area (Å²) in [6.45, 7) is 21.4. The van der Waals surface area contributed by atoms with Gasteiger partial charge in [-0.2, -0.15) is 6.42 Å². The summed E-state index contributed by atoms with van der Waals surface area (Å²) in [5, 5.41) is 4.09. The van der Waals surface area contributed by atoms with E-state index in [-0.39, 0.29) is 26.6 Å². The van der Waals surface area contributed by atoms with Crippen LogP contribution in [0.3, 0.4) is 0 Å². The van der Waals surface area contributed by atoms with Crippen LogP contribution in [0.1, 0.15) is 130 Å². The van der Waals surface area contributed by atoms with Crippen molar-refractivity contribution in [2.45, 2.75) is 117 Å². The fraction of sp³-hybridized carbons (Fsp3) is 0.345. The van der Waals surface area contributed by atoms with Crippen molar-refractivity contribution in [1.29, 1.82) is 0 Å². The van der Waals surface area contributed by atoms with Gasteiger partial charge in [0, 0.05) is 17.1 Å². The molecular weight excluding hydrogens is 825 g/mol. The van der Waals surface area contributed by atoms with Gasteiger partial charge in [-0.15, -0.1) is 0 Å². The maximum absolute atomic E-state index is 6.02. The third-order valence-corrected chi connectivity index (χ3v) is 13.4. The van der Waals surface area contributed by atoms with Crippen LogP contribution in [0.25, 0.3) is 0 Å². The summed E-state index contributed by atoms with van der Waals surface area (Å²) in [5.41, 5.74) is 14.3. The molecule has 4 heteroatoms. The number of allylic oxidation sites excluding steroid dienone is 4. The van der Waals surface area contributed by atoms with E-state index in [0.717, 1.165) is 38.9 Å². The number of rotatable bonds is 15. The molecule has 2 atom stereocenters. The summed E-state index contributed by atoms with van der Waals surface area (Å²) in [5.74, 6) is 1.47. The molecule has 0 saturated heterocycles. The molecule has 0 heterocycles. The number of hydrogen-bond donors (Lipinski definition) is 1. The molecule has 2 aliphatic carbocycles. The Morgan fingerprint density at radius 1 is 0.763 bits per heavy atom. The Kier molecular flexibility index (Phi) is 16.0. The average Bonchev–Trinajstić information content (AvgIpc) is 3.56. The monoisotopic (exact) mass is 890 g/mol. The van der Waals surface area contributed by atoms with Gasteiger partial charge in [0.15, 0.2) is 0 Å². The maximum atomic E-state index is 6.02. The van der Waals surface area contributed by atoms with Crippen molar-refractivity contribution in [3.05, 3.63) is 203 Å². The molecule has 7 rings (SSSR count). The standard InChI is InChI=1S/C33H44N.C22H21N.ClH.Ru/c1-8-33(21-29(25-15-10-9-11-16-25)28-17-12-13-20-30(28)33)22-32(6,7)34-31-26(23(2)3)18-14-19-27(31)24(4)5;1-19-10-8-9-15-22(19)18-23(16-20-11-4-2-5-12-20)17-21-13-6-3-7-14-21;;/h9-12,14-19,23-24,29,34H,1,8,13,20-22H2,2-7H3;1-15H,16-18H2;1H;/q-1;;;+1/p-1. The fourth-order valence-electron chi connectivity index (χ4n) is 9.54. The molecule has 1 N–H and O–H groups in total. The van der Waals surface area contributed by atoms with Crippen molar-refractivity contribution in [1.82, 2.24) is 4.90 Å². The van der Waals surface area contributed by atoms with E-state index in [1.54, 1.807) is 11.1 Å². The zero-order valence-corrected chi connectivity index (χ0v) is 38.7. The molecular formula is C55H65ClN2Ru-. The topological polar surface area (TPSA) is 15.3 Å². The molecule has 0 saturated carbocycles. The second-order valence-electron chi connectivity index (χ2n) is 17.9. The number of nitrogens with one attached hydrogen (secondary N) is 1. The van der Waals surface area contributed by atoms with Gasteiger partial charge in [0.1, 0.15) is 0 Å². The van der Waals surface area contributed by atoms with Gasteiger partial charge in [-0.05, 0) is 79.0 Å². The van der Waals surface area contributed by atoms with Gasteiger partial charge in [-0.25, -0.2) is 0 Å². The Hall–Kier alpha value is -3.88.